The maximum Gasteiger partial charge on any atom is 0.266 e. The summed E-state index contributed by atoms with van der Waals surface area (Å²) in [6, 6.07) is 22.7. The average Bonchev–Trinajstić information content (AvgIpc) is 2.78. The van der Waals surface area contributed by atoms with Crippen LogP contribution in [0.5, 0.6) is 11.5 Å². The SMILES string of the molecule is COc1cc(/C=C(\C#N)C(=O)Nc2ccc(I)cc2)ccc1OCc1ccc(C)cc1. The summed E-state index contributed by atoms with van der Waals surface area (Å²) in [5.41, 5.74) is 3.53. The van der Waals surface area contributed by atoms with Gasteiger partial charge in [0.05, 0.1) is 7.11 Å². The van der Waals surface area contributed by atoms with Crippen molar-refractivity contribution in [2.75, 3.05) is 12.4 Å². The minimum atomic E-state index is -0.470. The molecule has 5 nitrogen and oxygen atoms in total. The molecule has 3 aromatic carbocycles. The molecule has 3 aromatic rings. The number of hydrogen-bond acceptors (Lipinski definition) is 4. The molecule has 0 saturated carbocycles. The van der Waals surface area contributed by atoms with Gasteiger partial charge in [-0.25, -0.2) is 0 Å². The fraction of sp³-hybridized carbons (Fsp3) is 0.120. The number of nitriles is 1. The summed E-state index contributed by atoms with van der Waals surface area (Å²) >= 11 is 2.19. The van der Waals surface area contributed by atoms with E-state index in [-0.39, 0.29) is 5.57 Å². The predicted octanol–water partition coefficient (Wildman–Crippen LogP) is 5.73. The van der Waals surface area contributed by atoms with Gasteiger partial charge in [0.25, 0.3) is 5.91 Å². The maximum atomic E-state index is 12.5. The second-order valence-corrected chi connectivity index (χ2v) is 8.06. The molecule has 0 atom stereocenters. The number of nitrogens with one attached hydrogen (secondary N) is 1. The van der Waals surface area contributed by atoms with E-state index in [1.54, 1.807) is 37.4 Å². The first-order valence-corrected chi connectivity index (χ1v) is 10.6. The lowest BCUT2D eigenvalue weighted by Gasteiger charge is -2.12. The predicted molar refractivity (Wildman–Crippen MR) is 130 cm³/mol. The Morgan fingerprint density at radius 1 is 1.06 bits per heavy atom. The molecular weight excluding hydrogens is 503 g/mol. The van der Waals surface area contributed by atoms with E-state index in [2.05, 4.69) is 27.9 Å². The number of halogens is 1. The van der Waals surface area contributed by atoms with Crippen molar-refractivity contribution >= 4 is 40.3 Å². The van der Waals surface area contributed by atoms with E-state index < -0.39 is 5.91 Å². The summed E-state index contributed by atoms with van der Waals surface area (Å²) in [6.07, 6.45) is 1.52. The normalized spacial score (nSPS) is 10.8. The van der Waals surface area contributed by atoms with E-state index in [9.17, 15) is 10.1 Å². The Bertz CT molecular complexity index is 1130. The number of aryl methyl sites for hydroxylation is 1. The first-order chi connectivity index (χ1) is 15.0. The Labute approximate surface area is 195 Å². The summed E-state index contributed by atoms with van der Waals surface area (Å²) in [6.45, 7) is 2.45. The van der Waals surface area contributed by atoms with Crippen molar-refractivity contribution in [3.05, 3.63) is 92.6 Å². The minimum absolute atomic E-state index is 0.00562. The van der Waals surface area contributed by atoms with Gasteiger partial charge in [-0.1, -0.05) is 35.9 Å². The first-order valence-electron chi connectivity index (χ1n) is 9.53. The van der Waals surface area contributed by atoms with Gasteiger partial charge in [-0.15, -0.1) is 0 Å². The van der Waals surface area contributed by atoms with Crippen LogP contribution in [-0.4, -0.2) is 13.0 Å². The molecule has 0 aliphatic carbocycles. The Balaban J connectivity index is 1.74. The highest BCUT2D eigenvalue weighted by atomic mass is 127. The number of nitrogens with zero attached hydrogens (tertiary/aromatic N) is 1. The minimum Gasteiger partial charge on any atom is -0.493 e. The molecule has 156 valence electrons. The number of hydrogen-bond donors (Lipinski definition) is 1. The standard InChI is InChI=1S/C25H21IN2O3/c1-17-3-5-18(6-4-17)16-31-23-12-7-19(14-24(23)30-2)13-20(15-27)25(29)28-22-10-8-21(26)9-11-22/h3-14H,16H2,1-2H3,(H,28,29)/b20-13+. The van der Waals surface area contributed by atoms with Gasteiger partial charge in [-0.3, -0.25) is 4.79 Å². The third-order valence-electron chi connectivity index (χ3n) is 4.48. The van der Waals surface area contributed by atoms with Crippen LogP contribution in [0.4, 0.5) is 5.69 Å². The maximum absolute atomic E-state index is 12.5. The quantitative estimate of drug-likeness (QED) is 0.244. The van der Waals surface area contributed by atoms with Crippen molar-refractivity contribution in [3.8, 4) is 17.6 Å². The molecule has 31 heavy (non-hydrogen) atoms. The Morgan fingerprint density at radius 3 is 2.42 bits per heavy atom. The fourth-order valence-electron chi connectivity index (χ4n) is 2.79. The van der Waals surface area contributed by atoms with Crippen LogP contribution in [0.25, 0.3) is 6.08 Å². The van der Waals surface area contributed by atoms with Crippen LogP contribution in [0.1, 0.15) is 16.7 Å². The fourth-order valence-corrected chi connectivity index (χ4v) is 3.15. The van der Waals surface area contributed by atoms with Crippen molar-refractivity contribution in [3.63, 3.8) is 0 Å². The smallest absolute Gasteiger partial charge is 0.266 e. The van der Waals surface area contributed by atoms with Crippen LogP contribution in [0.2, 0.25) is 0 Å². The second kappa shape index (κ2) is 10.6. The molecule has 0 aliphatic heterocycles. The molecule has 0 spiro atoms. The Hall–Kier alpha value is -3.31. The van der Waals surface area contributed by atoms with Crippen LogP contribution >= 0.6 is 22.6 Å². The van der Waals surface area contributed by atoms with Gasteiger partial charge in [-0.05, 0) is 83.1 Å². The molecule has 0 unspecified atom stereocenters. The van der Waals surface area contributed by atoms with Crippen LogP contribution in [0, 0.1) is 21.8 Å². The number of ether oxygens (including phenoxy) is 2. The Morgan fingerprint density at radius 2 is 1.77 bits per heavy atom. The third-order valence-corrected chi connectivity index (χ3v) is 5.20. The van der Waals surface area contributed by atoms with Crippen LogP contribution in [0.15, 0.2) is 72.3 Å². The lowest BCUT2D eigenvalue weighted by molar-refractivity contribution is -0.112. The van der Waals surface area contributed by atoms with E-state index in [0.717, 1.165) is 9.13 Å². The van der Waals surface area contributed by atoms with Crippen LogP contribution < -0.4 is 14.8 Å². The zero-order valence-electron chi connectivity index (χ0n) is 17.2. The van der Waals surface area contributed by atoms with Gasteiger partial charge < -0.3 is 14.8 Å². The van der Waals surface area contributed by atoms with E-state index in [4.69, 9.17) is 9.47 Å². The third kappa shape index (κ3) is 6.33. The van der Waals surface area contributed by atoms with E-state index in [0.29, 0.717) is 29.4 Å². The monoisotopic (exact) mass is 524 g/mol. The summed E-state index contributed by atoms with van der Waals surface area (Å²) in [4.78, 5) is 12.5. The molecule has 0 fully saturated rings. The molecule has 0 bridgehead atoms. The Kier molecular flexibility index (Phi) is 7.68. The zero-order chi connectivity index (χ0) is 22.2. The molecule has 3 rings (SSSR count). The molecule has 0 aromatic heterocycles. The molecule has 1 amide bonds. The van der Waals surface area contributed by atoms with Gasteiger partial charge in [-0.2, -0.15) is 5.26 Å². The topological polar surface area (TPSA) is 71.3 Å². The number of benzene rings is 3. The number of anilines is 1. The number of carbonyl (C=O) groups excluding carboxylic acids is 1. The average molecular weight is 524 g/mol. The molecule has 0 radical (unpaired) electrons. The highest BCUT2D eigenvalue weighted by molar-refractivity contribution is 14.1. The number of amides is 1. The molecule has 0 heterocycles. The van der Waals surface area contributed by atoms with Crippen LogP contribution in [-0.2, 0) is 11.4 Å². The number of methoxy groups -OCH3 is 1. The lowest BCUT2D eigenvalue weighted by atomic mass is 10.1. The summed E-state index contributed by atoms with van der Waals surface area (Å²) < 4.78 is 12.4. The number of carbonyl (C=O) groups is 1. The van der Waals surface area contributed by atoms with Crippen LogP contribution in [0.3, 0.4) is 0 Å². The van der Waals surface area contributed by atoms with E-state index >= 15 is 0 Å². The van der Waals surface area contributed by atoms with E-state index in [1.165, 1.54) is 11.6 Å². The highest BCUT2D eigenvalue weighted by Gasteiger charge is 2.11. The van der Waals surface area contributed by atoms with Gasteiger partial charge >= 0.3 is 0 Å². The zero-order valence-corrected chi connectivity index (χ0v) is 19.3. The van der Waals surface area contributed by atoms with Crippen molar-refractivity contribution in [1.29, 1.82) is 5.26 Å². The molecular formula is C25H21IN2O3. The van der Waals surface area contributed by atoms with Gasteiger partial charge in [0.15, 0.2) is 11.5 Å². The van der Waals surface area contributed by atoms with Crippen molar-refractivity contribution in [2.45, 2.75) is 13.5 Å². The van der Waals surface area contributed by atoms with Crippen molar-refractivity contribution in [2.24, 2.45) is 0 Å². The summed E-state index contributed by atoms with van der Waals surface area (Å²) in [5, 5.41) is 12.2. The second-order valence-electron chi connectivity index (χ2n) is 6.82. The summed E-state index contributed by atoms with van der Waals surface area (Å²) in [5.74, 6) is 0.639. The molecule has 1 N–H and O–H groups in total. The lowest BCUT2D eigenvalue weighted by Crippen LogP contribution is -2.13. The molecule has 0 aliphatic rings. The first kappa shape index (κ1) is 22.4. The van der Waals surface area contributed by atoms with Gasteiger partial charge in [0, 0.05) is 9.26 Å². The van der Waals surface area contributed by atoms with Gasteiger partial charge in [0.1, 0.15) is 18.2 Å². The highest BCUT2D eigenvalue weighted by Crippen LogP contribution is 2.30. The van der Waals surface area contributed by atoms with E-state index in [1.807, 2.05) is 49.4 Å². The number of rotatable bonds is 7. The molecule has 0 saturated heterocycles. The van der Waals surface area contributed by atoms with Crippen molar-refractivity contribution < 1.29 is 14.3 Å². The largest absolute Gasteiger partial charge is 0.493 e. The van der Waals surface area contributed by atoms with Crippen molar-refractivity contribution in [1.82, 2.24) is 0 Å². The molecule has 6 heteroatoms. The summed E-state index contributed by atoms with van der Waals surface area (Å²) in [7, 11) is 1.55. The van der Waals surface area contributed by atoms with Gasteiger partial charge in [0.2, 0.25) is 0 Å².